The van der Waals surface area contributed by atoms with E-state index in [9.17, 15) is 5.11 Å². The summed E-state index contributed by atoms with van der Waals surface area (Å²) in [5.74, 6) is 1.49. The topological polar surface area (TPSA) is 119 Å². The van der Waals surface area contributed by atoms with Crippen LogP contribution in [0.15, 0.2) is 30.6 Å². The summed E-state index contributed by atoms with van der Waals surface area (Å²) >= 11 is 0. The maximum Gasteiger partial charge on any atom is 0.232 e. The zero-order chi connectivity index (χ0) is 19.7. The number of hydrogen-bond donors (Lipinski definition) is 3. The lowest BCUT2D eigenvalue weighted by atomic mass is 10.0. The van der Waals surface area contributed by atoms with E-state index >= 15 is 0 Å². The van der Waals surface area contributed by atoms with Gasteiger partial charge in [0.2, 0.25) is 5.71 Å². The Hall–Kier alpha value is -2.71. The van der Waals surface area contributed by atoms with Crippen molar-refractivity contribution in [2.75, 3.05) is 36.9 Å². The maximum absolute atomic E-state index is 9.35. The summed E-state index contributed by atoms with van der Waals surface area (Å²) in [7, 11) is 0. The molecule has 28 heavy (non-hydrogen) atoms. The van der Waals surface area contributed by atoms with Crippen molar-refractivity contribution >= 4 is 17.2 Å². The molecule has 0 unspecified atom stereocenters. The molecule has 8 heteroatoms. The number of anilines is 2. The first kappa shape index (κ1) is 18.6. The van der Waals surface area contributed by atoms with Crippen LogP contribution < -0.4 is 20.8 Å². The molecule has 2 aliphatic rings. The second-order valence-corrected chi connectivity index (χ2v) is 7.60. The van der Waals surface area contributed by atoms with Crippen LogP contribution >= 0.6 is 0 Å². The van der Waals surface area contributed by atoms with E-state index in [-0.39, 0.29) is 18.3 Å². The van der Waals surface area contributed by atoms with Crippen LogP contribution in [0.4, 0.5) is 11.5 Å². The third-order valence-electron chi connectivity index (χ3n) is 5.23. The fourth-order valence-corrected chi connectivity index (χ4v) is 3.24. The first-order chi connectivity index (χ1) is 13.5. The van der Waals surface area contributed by atoms with Gasteiger partial charge in [-0.2, -0.15) is 0 Å². The fourth-order valence-electron chi connectivity index (χ4n) is 3.24. The molecule has 0 radical (unpaired) electrons. The highest BCUT2D eigenvalue weighted by Gasteiger charge is 2.40. The molecular weight excluding hydrogens is 358 g/mol. The van der Waals surface area contributed by atoms with Crippen LogP contribution in [0, 0.1) is 0 Å². The molecule has 1 aromatic carbocycles. The molecule has 8 nitrogen and oxygen atoms in total. The molecule has 148 valence electrons. The van der Waals surface area contributed by atoms with E-state index in [2.05, 4.69) is 21.8 Å². The van der Waals surface area contributed by atoms with Gasteiger partial charge in [-0.25, -0.2) is 9.97 Å². The third-order valence-corrected chi connectivity index (χ3v) is 5.23. The number of nitrogens with zero attached hydrogens (tertiary/aromatic N) is 3. The van der Waals surface area contributed by atoms with E-state index in [1.165, 1.54) is 6.33 Å². The van der Waals surface area contributed by atoms with Crippen molar-refractivity contribution in [1.82, 2.24) is 9.97 Å². The number of morpholine rings is 1. The molecule has 2 fully saturated rings. The van der Waals surface area contributed by atoms with E-state index in [1.807, 2.05) is 18.2 Å². The summed E-state index contributed by atoms with van der Waals surface area (Å²) in [5.41, 5.74) is 8.42. The lowest BCUT2D eigenvalue weighted by Crippen LogP contribution is -2.45. The van der Waals surface area contributed by atoms with Gasteiger partial charge in [-0.1, -0.05) is 0 Å². The largest absolute Gasteiger partial charge is 0.488 e. The smallest absolute Gasteiger partial charge is 0.232 e. The molecule has 1 aliphatic carbocycles. The number of nitrogens with two attached hydrogens (primary N) is 2. The van der Waals surface area contributed by atoms with Crippen molar-refractivity contribution in [2.45, 2.75) is 31.5 Å². The van der Waals surface area contributed by atoms with Gasteiger partial charge in [-0.3, -0.25) is 5.41 Å². The van der Waals surface area contributed by atoms with Gasteiger partial charge in [-0.15, -0.1) is 0 Å². The van der Waals surface area contributed by atoms with E-state index in [0.29, 0.717) is 42.4 Å². The van der Waals surface area contributed by atoms with E-state index in [4.69, 9.17) is 20.6 Å². The minimum absolute atomic E-state index is 0.0229. The van der Waals surface area contributed by atoms with Crippen molar-refractivity contribution in [3.8, 4) is 5.75 Å². The van der Waals surface area contributed by atoms with Crippen molar-refractivity contribution < 1.29 is 20.0 Å². The molecule has 1 saturated carbocycles. The summed E-state index contributed by atoms with van der Waals surface area (Å²) < 4.78 is 11.5. The normalized spacial score (nSPS) is 20.6. The van der Waals surface area contributed by atoms with Crippen LogP contribution in [0.1, 0.15) is 31.0 Å². The third kappa shape index (κ3) is 3.93. The van der Waals surface area contributed by atoms with Gasteiger partial charge in [0, 0.05) is 24.8 Å². The van der Waals surface area contributed by atoms with Gasteiger partial charge < -0.3 is 25.2 Å². The average Bonchev–Trinajstić information content (AvgIpc) is 3.45. The van der Waals surface area contributed by atoms with Crippen molar-refractivity contribution in [3.05, 3.63) is 41.9 Å². The number of aromatic nitrogens is 2. The van der Waals surface area contributed by atoms with Crippen molar-refractivity contribution in [2.24, 2.45) is 0 Å². The Morgan fingerprint density at radius 3 is 2.96 bits per heavy atom. The molecule has 1 atom stereocenters. The predicted octanol–water partition coefficient (Wildman–Crippen LogP) is -0.216. The molecule has 1 saturated heterocycles. The van der Waals surface area contributed by atoms with E-state index < -0.39 is 0 Å². The minimum atomic E-state index is -0.221. The second-order valence-electron chi connectivity index (χ2n) is 7.60. The number of benzene rings is 1. The number of aliphatic hydroxyl groups is 1. The Morgan fingerprint density at radius 1 is 1.39 bits per heavy atom. The number of nitrogen functional groups attached to an aromatic ring is 1. The van der Waals surface area contributed by atoms with Gasteiger partial charge in [0.25, 0.3) is 0 Å². The average molecular weight is 384 g/mol. The molecule has 2 heterocycles. The molecule has 0 spiro atoms. The highest BCUT2D eigenvalue weighted by Crippen LogP contribution is 2.40. The summed E-state index contributed by atoms with van der Waals surface area (Å²) in [4.78, 5) is 10.7. The summed E-state index contributed by atoms with van der Waals surface area (Å²) in [6.45, 7) is 3.86. The van der Waals surface area contributed by atoms with Gasteiger partial charge in [0.15, 0.2) is 0 Å². The summed E-state index contributed by atoms with van der Waals surface area (Å²) in [6.07, 6.45) is 3.37. The Bertz CT molecular complexity index is 884. The first-order valence-corrected chi connectivity index (χ1v) is 9.48. The number of ether oxygens (including phenoxy) is 2. The zero-order valence-corrected chi connectivity index (χ0v) is 16.0. The lowest BCUT2D eigenvalue weighted by Gasteiger charge is -2.32. The standard InChI is InChI=1S/C20H25N5O3/c1-20(4-5-20)28-13-2-3-16(21)15(8-13)19(22)17-9-18(24-12-23-17)25-6-7-27-14(10-25)11-26/h2-3,8-9,12,14,22,26H,4-7,10-11,21H2,1H3/p+1/t14-/m1/s1. The van der Waals surface area contributed by atoms with Crippen LogP contribution in [0.3, 0.4) is 0 Å². The zero-order valence-electron chi connectivity index (χ0n) is 16.0. The molecule has 5 N–H and O–H groups in total. The van der Waals surface area contributed by atoms with Gasteiger partial charge in [-0.05, 0) is 38.0 Å². The summed E-state index contributed by atoms with van der Waals surface area (Å²) in [5, 5.41) is 15.8. The summed E-state index contributed by atoms with van der Waals surface area (Å²) in [6, 6.07) is 7.37. The van der Waals surface area contributed by atoms with Crippen LogP contribution in [0.5, 0.6) is 5.75 Å². The van der Waals surface area contributed by atoms with Gasteiger partial charge in [0.1, 0.15) is 29.2 Å². The molecule has 4 rings (SSSR count). The molecule has 2 aromatic rings. The quantitative estimate of drug-likeness (QED) is 0.465. The van der Waals surface area contributed by atoms with E-state index in [0.717, 1.165) is 24.4 Å². The van der Waals surface area contributed by atoms with Crippen molar-refractivity contribution in [1.29, 1.82) is 0 Å². The Labute approximate surface area is 163 Å². The molecule has 0 amide bonds. The second kappa shape index (κ2) is 7.37. The Morgan fingerprint density at radius 2 is 2.21 bits per heavy atom. The lowest BCUT2D eigenvalue weighted by molar-refractivity contribution is -0.111. The fraction of sp³-hybridized carbons (Fsp3) is 0.450. The number of rotatable bonds is 6. The monoisotopic (exact) mass is 384 g/mol. The van der Waals surface area contributed by atoms with Crippen molar-refractivity contribution in [3.63, 3.8) is 0 Å². The van der Waals surface area contributed by atoms with Crippen LogP contribution in [0.25, 0.3) is 0 Å². The first-order valence-electron chi connectivity index (χ1n) is 9.48. The van der Waals surface area contributed by atoms with Gasteiger partial charge >= 0.3 is 0 Å². The highest BCUT2D eigenvalue weighted by molar-refractivity contribution is 6.11. The SMILES string of the molecule is CC1(Oc2ccc(N)c(C(=[NH2+])c3cc(N4CCO[C@@H](CO)C4)ncn3)c2)CC1. The number of aliphatic hydroxyl groups excluding tert-OH is 1. The number of hydrogen-bond acceptors (Lipinski definition) is 7. The maximum atomic E-state index is 9.35. The molecule has 0 bridgehead atoms. The minimum Gasteiger partial charge on any atom is -0.488 e. The van der Waals surface area contributed by atoms with Crippen LogP contribution in [0.2, 0.25) is 0 Å². The van der Waals surface area contributed by atoms with E-state index in [1.54, 1.807) is 6.07 Å². The molecule has 1 aliphatic heterocycles. The molecular formula is C20H26N5O3+. The Balaban J connectivity index is 1.57. The predicted molar refractivity (Wildman–Crippen MR) is 105 cm³/mol. The van der Waals surface area contributed by atoms with Gasteiger partial charge in [0.05, 0.1) is 24.9 Å². The highest BCUT2D eigenvalue weighted by atomic mass is 16.5. The Kier molecular flexibility index (Phi) is 4.91. The molecule has 1 aromatic heterocycles. The van der Waals surface area contributed by atoms with Crippen LogP contribution in [-0.4, -0.2) is 58.8 Å². The van der Waals surface area contributed by atoms with Crippen LogP contribution in [-0.2, 0) is 4.74 Å².